The summed E-state index contributed by atoms with van der Waals surface area (Å²) in [5, 5.41) is 13.0. The summed E-state index contributed by atoms with van der Waals surface area (Å²) in [5.74, 6) is 0. The van der Waals surface area contributed by atoms with Gasteiger partial charge in [0, 0.05) is 41.2 Å². The largest absolute Gasteiger partial charge is 0.379 e. The van der Waals surface area contributed by atoms with E-state index in [0.29, 0.717) is 22.4 Å². The normalized spacial score (nSPS) is 16.0. The Balaban J connectivity index is 2.04. The smallest absolute Gasteiger partial charge is 0.270 e. The molecule has 0 atom stereocenters. The number of sulfonamides is 1. The van der Waals surface area contributed by atoms with E-state index in [-0.39, 0.29) is 23.7 Å². The van der Waals surface area contributed by atoms with Crippen LogP contribution in [-0.2, 0) is 14.8 Å². The molecule has 1 saturated heterocycles. The van der Waals surface area contributed by atoms with Crippen molar-refractivity contribution in [3.63, 3.8) is 0 Å². The molecule has 8 nitrogen and oxygen atoms in total. The molecule has 0 radical (unpaired) electrons. The molecule has 0 bridgehead atoms. The number of non-ortho nitro benzene ring substituents is 1. The van der Waals surface area contributed by atoms with Gasteiger partial charge >= 0.3 is 0 Å². The van der Waals surface area contributed by atoms with Crippen molar-refractivity contribution in [2.75, 3.05) is 26.3 Å². The number of nitrogens with zero attached hydrogens (tertiary/aromatic N) is 3. The maximum Gasteiger partial charge on any atom is 0.270 e. The fourth-order valence-electron chi connectivity index (χ4n) is 2.30. The van der Waals surface area contributed by atoms with Crippen molar-refractivity contribution in [1.82, 2.24) is 9.29 Å². The molecular weight excluding hydrogens is 386 g/mol. The molecule has 0 aliphatic carbocycles. The molecule has 2 aromatic rings. The highest BCUT2D eigenvalue weighted by Crippen LogP contribution is 2.37. The van der Waals surface area contributed by atoms with E-state index in [1.807, 2.05) is 12.3 Å². The standard InChI is InChI=1S/C14H15N3O5S3/c1-10-9-23-14(15-10)24-12-3-2-11(17(18)19)8-13(12)25(20,21)16-4-6-22-7-5-16/h2-3,8-9H,4-7H2,1H3. The van der Waals surface area contributed by atoms with Gasteiger partial charge in [0.15, 0.2) is 4.34 Å². The van der Waals surface area contributed by atoms with Crippen molar-refractivity contribution in [2.24, 2.45) is 0 Å². The number of thiazole rings is 1. The minimum Gasteiger partial charge on any atom is -0.379 e. The number of nitro groups is 1. The summed E-state index contributed by atoms with van der Waals surface area (Å²) >= 11 is 2.59. The molecule has 1 aromatic carbocycles. The Morgan fingerprint density at radius 2 is 2.08 bits per heavy atom. The second kappa shape index (κ2) is 7.38. The summed E-state index contributed by atoms with van der Waals surface area (Å²) in [6.07, 6.45) is 0. The highest BCUT2D eigenvalue weighted by atomic mass is 32.2. The van der Waals surface area contributed by atoms with Crippen molar-refractivity contribution in [3.05, 3.63) is 39.4 Å². The van der Waals surface area contributed by atoms with E-state index in [1.54, 1.807) is 0 Å². The third-order valence-electron chi connectivity index (χ3n) is 3.52. The van der Waals surface area contributed by atoms with Gasteiger partial charge in [0.2, 0.25) is 10.0 Å². The van der Waals surface area contributed by atoms with E-state index in [1.165, 1.54) is 39.5 Å². The molecular formula is C14H15N3O5S3. The third kappa shape index (κ3) is 4.01. The van der Waals surface area contributed by atoms with E-state index in [9.17, 15) is 18.5 Å². The number of benzene rings is 1. The van der Waals surface area contributed by atoms with Gasteiger partial charge in [-0.2, -0.15) is 4.31 Å². The summed E-state index contributed by atoms with van der Waals surface area (Å²) in [4.78, 5) is 15.2. The number of hydrogen-bond donors (Lipinski definition) is 0. The van der Waals surface area contributed by atoms with E-state index in [4.69, 9.17) is 4.74 Å². The summed E-state index contributed by atoms with van der Waals surface area (Å²) in [7, 11) is -3.86. The molecule has 0 spiro atoms. The average Bonchev–Trinajstić information content (AvgIpc) is 3.00. The van der Waals surface area contributed by atoms with Gasteiger partial charge in [0.25, 0.3) is 5.69 Å². The first-order valence-electron chi connectivity index (χ1n) is 7.34. The van der Waals surface area contributed by atoms with Crippen LogP contribution in [0.15, 0.2) is 37.7 Å². The Kier molecular flexibility index (Phi) is 5.39. The summed E-state index contributed by atoms with van der Waals surface area (Å²) in [6.45, 7) is 2.92. The molecule has 25 heavy (non-hydrogen) atoms. The first-order valence-corrected chi connectivity index (χ1v) is 10.5. The van der Waals surface area contributed by atoms with Gasteiger partial charge < -0.3 is 4.74 Å². The highest BCUT2D eigenvalue weighted by molar-refractivity contribution is 8.01. The lowest BCUT2D eigenvalue weighted by molar-refractivity contribution is -0.385. The predicted octanol–water partition coefficient (Wildman–Crippen LogP) is 2.53. The zero-order chi connectivity index (χ0) is 18.0. The number of ether oxygens (including phenoxy) is 1. The lowest BCUT2D eigenvalue weighted by Gasteiger charge is -2.26. The predicted molar refractivity (Wildman–Crippen MR) is 93.6 cm³/mol. The number of aromatic nitrogens is 1. The first kappa shape index (κ1) is 18.3. The monoisotopic (exact) mass is 401 g/mol. The molecule has 1 fully saturated rings. The zero-order valence-electron chi connectivity index (χ0n) is 13.2. The van der Waals surface area contributed by atoms with E-state index in [0.717, 1.165) is 11.8 Å². The SMILES string of the molecule is Cc1csc(Sc2ccc([N+](=O)[O-])cc2S(=O)(=O)N2CCOCC2)n1. The van der Waals surface area contributed by atoms with Crippen LogP contribution in [0.1, 0.15) is 5.69 Å². The Labute approximate surface area is 153 Å². The molecule has 0 unspecified atom stereocenters. The Bertz CT molecular complexity index is 891. The number of nitro benzene ring substituents is 1. The Morgan fingerprint density at radius 3 is 2.68 bits per heavy atom. The van der Waals surface area contributed by atoms with Crippen LogP contribution in [0.4, 0.5) is 5.69 Å². The molecule has 1 aliphatic rings. The minimum absolute atomic E-state index is 0.0681. The van der Waals surface area contributed by atoms with Crippen LogP contribution in [0.2, 0.25) is 0 Å². The number of rotatable bonds is 5. The van der Waals surface area contributed by atoms with Crippen LogP contribution in [0, 0.1) is 17.0 Å². The van der Waals surface area contributed by atoms with E-state index in [2.05, 4.69) is 4.98 Å². The maximum atomic E-state index is 13.0. The van der Waals surface area contributed by atoms with Crippen LogP contribution < -0.4 is 0 Å². The molecule has 134 valence electrons. The van der Waals surface area contributed by atoms with Crippen LogP contribution in [-0.4, -0.2) is 48.9 Å². The van der Waals surface area contributed by atoms with Gasteiger partial charge in [-0.05, 0) is 13.0 Å². The second-order valence-electron chi connectivity index (χ2n) is 5.26. The average molecular weight is 401 g/mol. The fourth-order valence-corrected chi connectivity index (χ4v) is 6.04. The Morgan fingerprint density at radius 1 is 1.36 bits per heavy atom. The van der Waals surface area contributed by atoms with Crippen LogP contribution in [0.25, 0.3) is 0 Å². The van der Waals surface area contributed by atoms with Crippen molar-refractivity contribution < 1.29 is 18.1 Å². The summed E-state index contributed by atoms with van der Waals surface area (Å²) in [5.41, 5.74) is 0.582. The summed E-state index contributed by atoms with van der Waals surface area (Å²) < 4.78 is 33.2. The van der Waals surface area contributed by atoms with E-state index >= 15 is 0 Å². The third-order valence-corrected chi connectivity index (χ3v) is 7.72. The van der Waals surface area contributed by atoms with Gasteiger partial charge in [-0.25, -0.2) is 13.4 Å². The van der Waals surface area contributed by atoms with Crippen LogP contribution >= 0.6 is 23.1 Å². The quantitative estimate of drug-likeness (QED) is 0.560. The maximum absolute atomic E-state index is 13.0. The number of morpholine rings is 1. The van der Waals surface area contributed by atoms with Gasteiger partial charge in [0.1, 0.15) is 4.90 Å². The Hall–Kier alpha value is -1.53. The molecule has 0 saturated carbocycles. The minimum atomic E-state index is -3.86. The molecule has 1 aromatic heterocycles. The zero-order valence-corrected chi connectivity index (χ0v) is 15.7. The fraction of sp³-hybridized carbons (Fsp3) is 0.357. The van der Waals surface area contributed by atoms with E-state index < -0.39 is 14.9 Å². The lowest BCUT2D eigenvalue weighted by Crippen LogP contribution is -2.40. The number of aryl methyl sites for hydroxylation is 1. The molecule has 2 heterocycles. The second-order valence-corrected chi connectivity index (χ2v) is 9.31. The highest BCUT2D eigenvalue weighted by Gasteiger charge is 2.30. The molecule has 0 N–H and O–H groups in total. The topological polar surface area (TPSA) is 103 Å². The van der Waals surface area contributed by atoms with Crippen molar-refractivity contribution in [2.45, 2.75) is 21.1 Å². The molecule has 1 aliphatic heterocycles. The molecule has 3 rings (SSSR count). The van der Waals surface area contributed by atoms with Gasteiger partial charge in [0.05, 0.1) is 18.1 Å². The van der Waals surface area contributed by atoms with Gasteiger partial charge in [-0.1, -0.05) is 11.8 Å². The van der Waals surface area contributed by atoms with Crippen molar-refractivity contribution in [3.8, 4) is 0 Å². The van der Waals surface area contributed by atoms with Crippen LogP contribution in [0.3, 0.4) is 0 Å². The summed E-state index contributed by atoms with van der Waals surface area (Å²) in [6, 6.07) is 3.89. The first-order chi connectivity index (χ1) is 11.9. The van der Waals surface area contributed by atoms with Crippen LogP contribution in [0.5, 0.6) is 0 Å². The molecule has 11 heteroatoms. The van der Waals surface area contributed by atoms with Gasteiger partial charge in [-0.15, -0.1) is 11.3 Å². The molecule has 0 amide bonds. The van der Waals surface area contributed by atoms with Crippen molar-refractivity contribution in [1.29, 1.82) is 0 Å². The van der Waals surface area contributed by atoms with Gasteiger partial charge in [-0.3, -0.25) is 10.1 Å². The number of hydrogen-bond acceptors (Lipinski definition) is 8. The van der Waals surface area contributed by atoms with Crippen molar-refractivity contribution >= 4 is 38.8 Å². The lowest BCUT2D eigenvalue weighted by atomic mass is 10.3.